The van der Waals surface area contributed by atoms with Gasteiger partial charge in [-0.15, -0.1) is 0 Å². The summed E-state index contributed by atoms with van der Waals surface area (Å²) in [5.41, 5.74) is 5.49. The number of benzene rings is 3. The second-order valence-corrected chi connectivity index (χ2v) is 8.35. The molecule has 0 amide bonds. The van der Waals surface area contributed by atoms with Crippen LogP contribution >= 0.6 is 0 Å². The van der Waals surface area contributed by atoms with Gasteiger partial charge in [0.2, 0.25) is 0 Å². The number of phenols is 2. The van der Waals surface area contributed by atoms with Crippen LogP contribution in [0, 0.1) is 0 Å². The fourth-order valence-electron chi connectivity index (χ4n) is 3.98. The van der Waals surface area contributed by atoms with Crippen molar-refractivity contribution < 1.29 is 49.7 Å². The summed E-state index contributed by atoms with van der Waals surface area (Å²) in [6.45, 7) is -1.54. The van der Waals surface area contributed by atoms with Crippen LogP contribution in [0.2, 0.25) is 0 Å². The van der Waals surface area contributed by atoms with Crippen molar-refractivity contribution in [2.45, 2.75) is 11.1 Å². The minimum atomic E-state index is -1.46. The first-order chi connectivity index (χ1) is 17.1. The minimum Gasteiger partial charge on any atom is -0.666 e. The van der Waals surface area contributed by atoms with Gasteiger partial charge in [0.25, 0.3) is 0 Å². The number of carboxylic acids is 1. The summed E-state index contributed by atoms with van der Waals surface area (Å²) >= 11 is 0. The van der Waals surface area contributed by atoms with Gasteiger partial charge in [-0.1, -0.05) is 5.54 Å². The average molecular weight is 496 g/mol. The number of fused-ring (bicyclic) bond motifs is 6. The van der Waals surface area contributed by atoms with Gasteiger partial charge in [-0.05, 0) is 42.5 Å². The van der Waals surface area contributed by atoms with E-state index in [2.05, 4.69) is 0 Å². The van der Waals surface area contributed by atoms with Crippen molar-refractivity contribution in [1.29, 1.82) is 0 Å². The fraction of sp³-hybridized carbons (Fsp3) is 0.200. The standard InChI is InChI=1S/C21H12O7.C4H10NO3/c22-11-2-5-14-17(8-11)27-18-9-12(23)3-6-15(18)21(14)16-7-10(19(24)25)1-4-13(16)20(26)28-21;5-4(1-6,2-7)3-8/h1-9,22-23H,(H,24,25);5-8H,1-3H2/q;-1. The molecular formula is C25H22NO10-. The molecule has 188 valence electrons. The number of aliphatic hydroxyl groups excluding tert-OH is 3. The first-order valence-corrected chi connectivity index (χ1v) is 10.6. The molecule has 2 heterocycles. The number of aliphatic hydroxyl groups is 3. The summed E-state index contributed by atoms with van der Waals surface area (Å²) in [7, 11) is 0. The van der Waals surface area contributed by atoms with Gasteiger partial charge in [-0.2, -0.15) is 0 Å². The molecule has 7 N–H and O–H groups in total. The zero-order chi connectivity index (χ0) is 26.3. The topological polar surface area (TPSA) is 198 Å². The molecular weight excluding hydrogens is 474 g/mol. The van der Waals surface area contributed by atoms with E-state index in [0.29, 0.717) is 16.7 Å². The Hall–Kier alpha value is -4.16. The van der Waals surface area contributed by atoms with Crippen LogP contribution in [0.1, 0.15) is 37.4 Å². The molecule has 0 radical (unpaired) electrons. The van der Waals surface area contributed by atoms with E-state index >= 15 is 0 Å². The number of aromatic hydroxyl groups is 2. The number of ether oxygens (including phenoxy) is 2. The Kier molecular flexibility index (Phi) is 6.33. The minimum absolute atomic E-state index is 0.00331. The lowest BCUT2D eigenvalue weighted by Gasteiger charge is -2.36. The molecule has 0 saturated carbocycles. The fourth-order valence-corrected chi connectivity index (χ4v) is 3.98. The number of hydrogen-bond donors (Lipinski definition) is 6. The summed E-state index contributed by atoms with van der Waals surface area (Å²) in [6, 6.07) is 12.9. The van der Waals surface area contributed by atoms with E-state index in [9.17, 15) is 24.9 Å². The summed E-state index contributed by atoms with van der Waals surface area (Å²) in [5, 5.41) is 54.0. The Morgan fingerprint density at radius 1 is 0.833 bits per heavy atom. The average Bonchev–Trinajstić information content (AvgIpc) is 3.15. The van der Waals surface area contributed by atoms with Gasteiger partial charge in [0.05, 0.1) is 11.1 Å². The van der Waals surface area contributed by atoms with Crippen molar-refractivity contribution in [3.63, 3.8) is 0 Å². The van der Waals surface area contributed by atoms with Crippen molar-refractivity contribution in [3.8, 4) is 23.0 Å². The van der Waals surface area contributed by atoms with Crippen molar-refractivity contribution in [3.05, 3.63) is 88.1 Å². The smallest absolute Gasteiger partial charge is 0.340 e. The highest BCUT2D eigenvalue weighted by Crippen LogP contribution is 2.57. The molecule has 0 saturated heterocycles. The van der Waals surface area contributed by atoms with E-state index in [1.807, 2.05) is 0 Å². The lowest BCUT2D eigenvalue weighted by molar-refractivity contribution is 0.0224. The van der Waals surface area contributed by atoms with Crippen LogP contribution in [0.15, 0.2) is 54.6 Å². The second kappa shape index (κ2) is 9.13. The lowest BCUT2D eigenvalue weighted by atomic mass is 9.77. The number of phenolic OH excluding ortho intramolecular Hbond substituents is 2. The number of carbonyl (C=O) groups is 2. The number of esters is 1. The van der Waals surface area contributed by atoms with Gasteiger partial charge in [-0.3, -0.25) is 0 Å². The highest BCUT2D eigenvalue weighted by molar-refractivity contribution is 5.99. The van der Waals surface area contributed by atoms with E-state index in [1.54, 1.807) is 12.1 Å². The first kappa shape index (κ1) is 24.9. The van der Waals surface area contributed by atoms with Crippen LogP contribution in [0.5, 0.6) is 23.0 Å². The molecule has 3 aromatic rings. The number of hydrogen-bond acceptors (Lipinski definition) is 9. The molecule has 0 bridgehead atoms. The van der Waals surface area contributed by atoms with Crippen LogP contribution in [0.25, 0.3) is 5.73 Å². The van der Waals surface area contributed by atoms with E-state index < -0.39 is 42.9 Å². The first-order valence-electron chi connectivity index (χ1n) is 10.6. The summed E-state index contributed by atoms with van der Waals surface area (Å²) < 4.78 is 11.7. The van der Waals surface area contributed by atoms with Gasteiger partial charge in [0.1, 0.15) is 23.0 Å². The SMILES string of the molecule is O=C(O)c1ccc2c(c1)C1(OC2=O)c2ccc(O)cc2Oc2cc(O)ccc21.[NH-]C(CO)(CO)CO. The molecule has 2 aliphatic rings. The molecule has 0 atom stereocenters. The highest BCUT2D eigenvalue weighted by atomic mass is 16.6. The molecule has 0 aliphatic carbocycles. The Bertz CT molecular complexity index is 1290. The molecule has 1 spiro atoms. The molecule has 0 fully saturated rings. The van der Waals surface area contributed by atoms with E-state index in [4.69, 9.17) is 30.5 Å². The third-order valence-electron chi connectivity index (χ3n) is 5.93. The zero-order valence-corrected chi connectivity index (χ0v) is 18.6. The predicted octanol–water partition coefficient (Wildman–Crippen LogP) is 2.12. The zero-order valence-electron chi connectivity index (χ0n) is 18.6. The maximum atomic E-state index is 12.7. The summed E-state index contributed by atoms with van der Waals surface area (Å²) in [4.78, 5) is 24.2. The van der Waals surface area contributed by atoms with Crippen LogP contribution in [0.3, 0.4) is 0 Å². The van der Waals surface area contributed by atoms with Gasteiger partial charge < -0.3 is 45.8 Å². The number of nitrogens with one attached hydrogen (secondary N) is 1. The molecule has 2 aliphatic heterocycles. The van der Waals surface area contributed by atoms with Crippen molar-refractivity contribution in [2.24, 2.45) is 0 Å². The maximum absolute atomic E-state index is 12.7. The number of carboxylic acid groups (broad SMARTS) is 1. The number of carbonyl (C=O) groups excluding carboxylic acids is 1. The van der Waals surface area contributed by atoms with Gasteiger partial charge in [0, 0.05) is 48.6 Å². The molecule has 11 heteroatoms. The molecule has 0 aromatic heterocycles. The normalized spacial score (nSPS) is 14.5. The quantitative estimate of drug-likeness (QED) is 0.291. The number of aromatic carboxylic acids is 1. The van der Waals surface area contributed by atoms with Crippen molar-refractivity contribution in [2.75, 3.05) is 19.8 Å². The molecule has 5 rings (SSSR count). The van der Waals surface area contributed by atoms with Crippen molar-refractivity contribution >= 4 is 11.9 Å². The molecule has 3 aromatic carbocycles. The van der Waals surface area contributed by atoms with E-state index in [-0.39, 0.29) is 34.1 Å². The Morgan fingerprint density at radius 3 is 1.81 bits per heavy atom. The Labute approximate surface area is 204 Å². The monoisotopic (exact) mass is 496 g/mol. The molecule has 11 nitrogen and oxygen atoms in total. The van der Waals surface area contributed by atoms with Gasteiger partial charge in [0.15, 0.2) is 5.60 Å². The molecule has 0 unspecified atom stereocenters. The summed E-state index contributed by atoms with van der Waals surface area (Å²) in [5.74, 6) is -1.38. The van der Waals surface area contributed by atoms with Crippen LogP contribution in [-0.4, -0.2) is 67.9 Å². The highest BCUT2D eigenvalue weighted by Gasteiger charge is 2.53. The number of rotatable bonds is 4. The largest absolute Gasteiger partial charge is 0.666 e. The van der Waals surface area contributed by atoms with E-state index in [1.165, 1.54) is 42.5 Å². The van der Waals surface area contributed by atoms with Crippen LogP contribution in [0.4, 0.5) is 0 Å². The third kappa shape index (κ3) is 3.99. The summed E-state index contributed by atoms with van der Waals surface area (Å²) in [6.07, 6.45) is 0. The third-order valence-corrected chi connectivity index (χ3v) is 5.93. The predicted molar refractivity (Wildman–Crippen MR) is 123 cm³/mol. The van der Waals surface area contributed by atoms with Crippen LogP contribution in [-0.2, 0) is 10.3 Å². The van der Waals surface area contributed by atoms with Gasteiger partial charge in [-0.25, -0.2) is 9.59 Å². The van der Waals surface area contributed by atoms with E-state index in [0.717, 1.165) is 0 Å². The Balaban J connectivity index is 0.000000331. The lowest BCUT2D eigenvalue weighted by Crippen LogP contribution is -2.36. The second-order valence-electron chi connectivity index (χ2n) is 8.35. The van der Waals surface area contributed by atoms with Gasteiger partial charge >= 0.3 is 11.9 Å². The Morgan fingerprint density at radius 2 is 1.36 bits per heavy atom. The maximum Gasteiger partial charge on any atom is 0.340 e. The molecule has 36 heavy (non-hydrogen) atoms. The van der Waals surface area contributed by atoms with Crippen molar-refractivity contribution in [1.82, 2.24) is 0 Å². The van der Waals surface area contributed by atoms with Crippen LogP contribution < -0.4 is 4.74 Å².